The summed E-state index contributed by atoms with van der Waals surface area (Å²) in [6, 6.07) is 14.8. The molecule has 8 nitrogen and oxygen atoms in total. The van der Waals surface area contributed by atoms with Crippen LogP contribution in [0.15, 0.2) is 54.6 Å². The molecule has 1 aliphatic heterocycles. The maximum atomic E-state index is 12.1. The molecule has 2 aromatic rings. The lowest BCUT2D eigenvalue weighted by atomic mass is 10.0. The van der Waals surface area contributed by atoms with Gasteiger partial charge in [-0.15, -0.1) is 0 Å². The van der Waals surface area contributed by atoms with Crippen LogP contribution in [0.2, 0.25) is 0 Å². The highest BCUT2D eigenvalue weighted by atomic mass is 16.5. The van der Waals surface area contributed by atoms with E-state index in [9.17, 15) is 24.0 Å². The zero-order valence-corrected chi connectivity index (χ0v) is 16.3. The van der Waals surface area contributed by atoms with Gasteiger partial charge in [0.2, 0.25) is 0 Å². The monoisotopic (exact) mass is 408 g/mol. The van der Waals surface area contributed by atoms with Gasteiger partial charge < -0.3 is 10.1 Å². The van der Waals surface area contributed by atoms with Gasteiger partial charge in [-0.2, -0.15) is 0 Å². The Hall–Kier alpha value is -3.81. The Kier molecular flexibility index (Phi) is 6.36. The summed E-state index contributed by atoms with van der Waals surface area (Å²) in [6.45, 7) is 0.275. The fraction of sp³-hybridized carbons (Fsp3) is 0.227. The average molecular weight is 408 g/mol. The lowest BCUT2D eigenvalue weighted by Gasteiger charge is -2.17. The summed E-state index contributed by atoms with van der Waals surface area (Å²) in [4.78, 5) is 61.1. The van der Waals surface area contributed by atoms with E-state index in [2.05, 4.69) is 5.32 Å². The van der Waals surface area contributed by atoms with Crippen molar-refractivity contribution in [2.24, 2.45) is 0 Å². The molecule has 30 heavy (non-hydrogen) atoms. The van der Waals surface area contributed by atoms with Crippen molar-refractivity contribution in [1.82, 2.24) is 5.32 Å². The Morgan fingerprint density at radius 3 is 2.37 bits per heavy atom. The van der Waals surface area contributed by atoms with Crippen molar-refractivity contribution < 1.29 is 28.7 Å². The molecule has 2 amide bonds. The van der Waals surface area contributed by atoms with Gasteiger partial charge in [-0.05, 0) is 31.0 Å². The molecule has 0 saturated carbocycles. The number of amides is 2. The fourth-order valence-electron chi connectivity index (χ4n) is 3.11. The van der Waals surface area contributed by atoms with Gasteiger partial charge >= 0.3 is 5.97 Å². The van der Waals surface area contributed by atoms with Crippen molar-refractivity contribution in [3.05, 3.63) is 65.7 Å². The zero-order chi connectivity index (χ0) is 21.7. The number of ether oxygens (including phenoxy) is 1. The summed E-state index contributed by atoms with van der Waals surface area (Å²) in [5.41, 5.74) is 1.43. The number of anilines is 1. The van der Waals surface area contributed by atoms with Crippen LogP contribution in [-0.2, 0) is 30.3 Å². The third-order valence-electron chi connectivity index (χ3n) is 4.64. The van der Waals surface area contributed by atoms with Gasteiger partial charge in [-0.1, -0.05) is 42.5 Å². The number of carbonyl (C=O) groups is 5. The Balaban J connectivity index is 1.53. The fourth-order valence-corrected chi connectivity index (χ4v) is 3.11. The molecule has 0 unspecified atom stereocenters. The lowest BCUT2D eigenvalue weighted by molar-refractivity contribution is -0.147. The highest BCUT2D eigenvalue weighted by Crippen LogP contribution is 2.28. The number of Topliss-reactive ketones (excluding diaryl/α,β-unsaturated/α-hetero) is 2. The largest absolute Gasteiger partial charge is 0.454 e. The lowest BCUT2D eigenvalue weighted by Crippen LogP contribution is -2.43. The van der Waals surface area contributed by atoms with Gasteiger partial charge in [0.1, 0.15) is 6.54 Å². The molecule has 0 aromatic heterocycles. The molecule has 0 aliphatic carbocycles. The van der Waals surface area contributed by atoms with Crippen molar-refractivity contribution in [2.45, 2.75) is 19.4 Å². The minimum absolute atomic E-state index is 0.221. The Labute approximate surface area is 172 Å². The second-order valence-corrected chi connectivity index (χ2v) is 6.82. The third kappa shape index (κ3) is 4.78. The molecule has 1 aliphatic rings. The second kappa shape index (κ2) is 9.13. The van der Waals surface area contributed by atoms with E-state index >= 15 is 0 Å². The van der Waals surface area contributed by atoms with Crippen LogP contribution in [0, 0.1) is 0 Å². The minimum atomic E-state index is -0.842. The molecule has 0 bridgehead atoms. The van der Waals surface area contributed by atoms with Crippen molar-refractivity contribution in [3.63, 3.8) is 0 Å². The number of para-hydroxylation sites is 1. The predicted molar refractivity (Wildman–Crippen MR) is 107 cm³/mol. The number of fused-ring (bicyclic) bond motifs is 1. The molecule has 154 valence electrons. The number of rotatable bonds is 8. The molecule has 1 N–H and O–H groups in total. The third-order valence-corrected chi connectivity index (χ3v) is 4.64. The first-order chi connectivity index (χ1) is 14.4. The molecule has 2 aromatic carbocycles. The maximum absolute atomic E-state index is 12.1. The predicted octanol–water partition coefficient (Wildman–Crippen LogP) is 1.08. The molecule has 0 spiro atoms. The molecule has 1 heterocycles. The maximum Gasteiger partial charge on any atom is 0.326 e. The van der Waals surface area contributed by atoms with Gasteiger partial charge in [-0.25, -0.2) is 0 Å². The summed E-state index contributed by atoms with van der Waals surface area (Å²) >= 11 is 0. The molecule has 8 heteroatoms. The van der Waals surface area contributed by atoms with Crippen LogP contribution < -0.4 is 10.2 Å². The molecule has 3 rings (SSSR count). The van der Waals surface area contributed by atoms with E-state index in [0.717, 1.165) is 10.5 Å². The van der Waals surface area contributed by atoms with E-state index in [0.29, 0.717) is 12.1 Å². The summed E-state index contributed by atoms with van der Waals surface area (Å²) in [5, 5.41) is 2.55. The van der Waals surface area contributed by atoms with Gasteiger partial charge in [-0.3, -0.25) is 28.9 Å². The first kappa shape index (κ1) is 20.9. The van der Waals surface area contributed by atoms with Crippen LogP contribution in [0.5, 0.6) is 0 Å². The van der Waals surface area contributed by atoms with E-state index in [1.165, 1.54) is 13.0 Å². The number of hydrogen-bond acceptors (Lipinski definition) is 6. The van der Waals surface area contributed by atoms with E-state index in [-0.39, 0.29) is 11.3 Å². The molecule has 0 saturated heterocycles. The van der Waals surface area contributed by atoms with E-state index in [1.54, 1.807) is 18.2 Å². The normalized spacial score (nSPS) is 13.6. The number of esters is 1. The summed E-state index contributed by atoms with van der Waals surface area (Å²) in [6.07, 6.45) is 0.317. The number of nitrogens with one attached hydrogen (secondary N) is 1. The van der Waals surface area contributed by atoms with Crippen molar-refractivity contribution >= 4 is 35.0 Å². The Bertz CT molecular complexity index is 1000. The molecule has 0 radical (unpaired) electrons. The van der Waals surface area contributed by atoms with Crippen molar-refractivity contribution in [1.29, 1.82) is 0 Å². The van der Waals surface area contributed by atoms with Crippen LogP contribution in [0.25, 0.3) is 0 Å². The summed E-state index contributed by atoms with van der Waals surface area (Å²) in [5.74, 6) is -3.22. The van der Waals surface area contributed by atoms with Crippen LogP contribution in [0.3, 0.4) is 0 Å². The molecule has 1 atom stereocenters. The average Bonchev–Trinajstić information content (AvgIpc) is 2.97. The highest BCUT2D eigenvalue weighted by molar-refractivity contribution is 6.52. The Morgan fingerprint density at radius 2 is 1.67 bits per heavy atom. The van der Waals surface area contributed by atoms with Gasteiger partial charge in [0.15, 0.2) is 12.4 Å². The number of carbonyl (C=O) groups excluding carboxylic acids is 5. The van der Waals surface area contributed by atoms with Crippen LogP contribution in [0.1, 0.15) is 22.8 Å². The number of nitrogens with zero attached hydrogens (tertiary/aromatic N) is 1. The SMILES string of the molecule is CC(=O)[C@H](Cc1ccccc1)NC(=O)COC(=O)CN1C(=O)C(=O)c2ccccc21. The smallest absolute Gasteiger partial charge is 0.326 e. The first-order valence-electron chi connectivity index (χ1n) is 9.31. The molecular weight excluding hydrogens is 388 g/mol. The minimum Gasteiger partial charge on any atom is -0.454 e. The number of benzene rings is 2. The Morgan fingerprint density at radius 1 is 1.00 bits per heavy atom. The van der Waals surface area contributed by atoms with Gasteiger partial charge in [0.05, 0.1) is 17.3 Å². The van der Waals surface area contributed by atoms with Crippen LogP contribution >= 0.6 is 0 Å². The highest BCUT2D eigenvalue weighted by Gasteiger charge is 2.36. The van der Waals surface area contributed by atoms with E-state index in [4.69, 9.17) is 4.74 Å². The van der Waals surface area contributed by atoms with Crippen molar-refractivity contribution in [2.75, 3.05) is 18.1 Å². The summed E-state index contributed by atoms with van der Waals surface area (Å²) in [7, 11) is 0. The van der Waals surface area contributed by atoms with Gasteiger partial charge in [0, 0.05) is 0 Å². The van der Waals surface area contributed by atoms with E-state index in [1.807, 2.05) is 30.3 Å². The quantitative estimate of drug-likeness (QED) is 0.517. The summed E-state index contributed by atoms with van der Waals surface area (Å²) < 4.78 is 4.93. The second-order valence-electron chi connectivity index (χ2n) is 6.82. The van der Waals surface area contributed by atoms with Crippen LogP contribution in [0.4, 0.5) is 5.69 Å². The van der Waals surface area contributed by atoms with E-state index < -0.39 is 42.8 Å². The van der Waals surface area contributed by atoms with Gasteiger partial charge in [0.25, 0.3) is 17.6 Å². The molecular formula is C22H20N2O6. The number of hydrogen-bond donors (Lipinski definition) is 1. The van der Waals surface area contributed by atoms with Crippen LogP contribution in [-0.4, -0.2) is 48.5 Å². The zero-order valence-electron chi connectivity index (χ0n) is 16.3. The first-order valence-corrected chi connectivity index (χ1v) is 9.31. The topological polar surface area (TPSA) is 110 Å². The standard InChI is InChI=1S/C22H20N2O6/c1-14(25)17(11-15-7-3-2-4-8-15)23-19(26)13-30-20(27)12-24-18-10-6-5-9-16(18)21(28)22(24)29/h2-10,17H,11-13H2,1H3,(H,23,26)/t17-/m0/s1. The number of ketones is 2. The molecule has 0 fully saturated rings. The van der Waals surface area contributed by atoms with Crippen molar-refractivity contribution in [3.8, 4) is 0 Å².